The van der Waals surface area contributed by atoms with Gasteiger partial charge in [0.05, 0.1) is 31.7 Å². The normalized spacial score (nSPS) is 15.1. The molecule has 0 radical (unpaired) electrons. The van der Waals surface area contributed by atoms with Crippen molar-refractivity contribution in [2.24, 2.45) is 0 Å². The number of aromatic nitrogens is 3. The van der Waals surface area contributed by atoms with Gasteiger partial charge in [-0.05, 0) is 65.1 Å². The number of methoxy groups -OCH3 is 2. The van der Waals surface area contributed by atoms with Gasteiger partial charge in [0.2, 0.25) is 10.1 Å². The van der Waals surface area contributed by atoms with Crippen molar-refractivity contribution < 1.29 is 14.3 Å². The summed E-state index contributed by atoms with van der Waals surface area (Å²) in [6.45, 7) is 10.5. The zero-order chi connectivity index (χ0) is 32.8. The summed E-state index contributed by atoms with van der Waals surface area (Å²) >= 11 is 1.63. The van der Waals surface area contributed by atoms with Crippen LogP contribution in [-0.4, -0.2) is 79.0 Å². The highest BCUT2D eigenvalue weighted by Crippen LogP contribution is 2.32. The molecule has 2 aliphatic rings. The maximum absolute atomic E-state index is 12.5. The minimum Gasteiger partial charge on any atom is -0.497 e. The number of rotatable bonds is 8. The number of piperazine rings is 1. The molecule has 3 aromatic carbocycles. The van der Waals surface area contributed by atoms with Crippen LogP contribution in [-0.2, 0) is 11.3 Å². The molecular formula is C37H42N6O3S. The number of nitrogens with one attached hydrogen (secondary N) is 1. The first kappa shape index (κ1) is 32.4. The van der Waals surface area contributed by atoms with Gasteiger partial charge in [-0.1, -0.05) is 73.7 Å². The van der Waals surface area contributed by atoms with Crippen molar-refractivity contribution in [3.8, 4) is 28.1 Å². The monoisotopic (exact) mass is 650 g/mol. The molecule has 47 heavy (non-hydrogen) atoms. The number of carbonyl (C=O) groups is 1. The van der Waals surface area contributed by atoms with Gasteiger partial charge in [-0.15, -0.1) is 5.10 Å². The number of hydrogen-bond acceptors (Lipinski definition) is 9. The van der Waals surface area contributed by atoms with Crippen molar-refractivity contribution in [2.45, 2.75) is 26.8 Å². The van der Waals surface area contributed by atoms with Crippen LogP contribution in [0.1, 0.15) is 41.8 Å². The van der Waals surface area contributed by atoms with Crippen molar-refractivity contribution in [1.82, 2.24) is 24.8 Å². The Hall–Kier alpha value is -4.51. The molecule has 0 saturated carbocycles. The van der Waals surface area contributed by atoms with Crippen molar-refractivity contribution in [3.05, 3.63) is 95.7 Å². The molecule has 2 aliphatic heterocycles. The lowest BCUT2D eigenvalue weighted by Gasteiger charge is -2.34. The quantitative estimate of drug-likeness (QED) is 0.187. The van der Waals surface area contributed by atoms with Crippen LogP contribution in [0.15, 0.2) is 79.0 Å². The molecule has 244 valence electrons. The molecule has 5 aromatic rings. The van der Waals surface area contributed by atoms with E-state index >= 15 is 0 Å². The lowest BCUT2D eigenvalue weighted by atomic mass is 9.91. The minimum atomic E-state index is -0.311. The van der Waals surface area contributed by atoms with Crippen molar-refractivity contribution in [1.29, 1.82) is 0 Å². The second-order valence-electron chi connectivity index (χ2n) is 11.4. The Balaban J connectivity index is 0.00000190. The molecule has 0 bridgehead atoms. The summed E-state index contributed by atoms with van der Waals surface area (Å²) in [4.78, 5) is 23.1. The fraction of sp³-hybridized carbons (Fsp3) is 0.324. The van der Waals surface area contributed by atoms with E-state index in [2.05, 4.69) is 69.7 Å². The molecule has 1 saturated heterocycles. The molecule has 1 fully saturated rings. The van der Waals surface area contributed by atoms with E-state index in [1.807, 2.05) is 42.8 Å². The molecule has 0 spiro atoms. The first-order valence-electron chi connectivity index (χ1n) is 16.3. The van der Waals surface area contributed by atoms with Crippen LogP contribution >= 0.6 is 11.3 Å². The van der Waals surface area contributed by atoms with Crippen LogP contribution in [0.4, 0.5) is 5.13 Å². The lowest BCUT2D eigenvalue weighted by molar-refractivity contribution is 0.0600. The van der Waals surface area contributed by atoms with Gasteiger partial charge in [0.25, 0.3) is 0 Å². The first-order valence-corrected chi connectivity index (χ1v) is 17.1. The third-order valence-electron chi connectivity index (χ3n) is 8.56. The fourth-order valence-corrected chi connectivity index (χ4v) is 7.00. The molecule has 10 heteroatoms. The van der Waals surface area contributed by atoms with Crippen molar-refractivity contribution >= 4 is 33.0 Å². The number of ether oxygens (including phenoxy) is 2. The predicted molar refractivity (Wildman–Crippen MR) is 190 cm³/mol. The van der Waals surface area contributed by atoms with Gasteiger partial charge in [0, 0.05) is 44.8 Å². The van der Waals surface area contributed by atoms with E-state index in [-0.39, 0.29) is 5.97 Å². The van der Waals surface area contributed by atoms with Gasteiger partial charge >= 0.3 is 5.97 Å². The minimum absolute atomic E-state index is 0.311. The summed E-state index contributed by atoms with van der Waals surface area (Å²) in [6, 6.07) is 22.7. The molecule has 0 unspecified atom stereocenters. The molecular weight excluding hydrogens is 609 g/mol. The Morgan fingerprint density at radius 1 is 0.936 bits per heavy atom. The Bertz CT molecular complexity index is 1820. The standard InChI is InChI=1S/C35H36N6O3S.C2H6/c1-43-29-5-3-4-24(20-29)22-39-16-18-40(19-17-39)35-38-41-23-32(37-34(41)45-35)27-8-6-25(7-9-27)28-10-11-30(33(42)44-2)31(21-28)26-12-14-36-15-13-26;1-2/h3-12,20-21,23,36H,13-19,22H2,1-2H3;1-2H3. The summed E-state index contributed by atoms with van der Waals surface area (Å²) < 4.78 is 12.3. The number of nitrogens with zero attached hydrogens (tertiary/aromatic N) is 5. The number of benzene rings is 3. The number of imidazole rings is 1. The highest BCUT2D eigenvalue weighted by Gasteiger charge is 2.22. The van der Waals surface area contributed by atoms with E-state index in [9.17, 15) is 4.79 Å². The van der Waals surface area contributed by atoms with Crippen molar-refractivity contribution in [2.75, 3.05) is 58.4 Å². The molecule has 0 amide bonds. The van der Waals surface area contributed by atoms with E-state index in [0.29, 0.717) is 5.56 Å². The van der Waals surface area contributed by atoms with Gasteiger partial charge in [-0.2, -0.15) is 0 Å². The molecule has 4 heterocycles. The van der Waals surface area contributed by atoms with Crippen LogP contribution in [0.3, 0.4) is 0 Å². The third-order valence-corrected chi connectivity index (χ3v) is 9.55. The summed E-state index contributed by atoms with van der Waals surface area (Å²) in [6.07, 6.45) is 5.04. The topological polar surface area (TPSA) is 84.2 Å². The molecule has 7 rings (SSSR count). The second-order valence-corrected chi connectivity index (χ2v) is 12.3. The second kappa shape index (κ2) is 14.9. The summed E-state index contributed by atoms with van der Waals surface area (Å²) in [5, 5.41) is 9.23. The number of esters is 1. The maximum atomic E-state index is 12.5. The number of carbonyl (C=O) groups excluding carboxylic acids is 1. The van der Waals surface area contributed by atoms with Gasteiger partial charge in [0.15, 0.2) is 0 Å². The van der Waals surface area contributed by atoms with Gasteiger partial charge in [-0.3, -0.25) is 4.90 Å². The highest BCUT2D eigenvalue weighted by atomic mass is 32.1. The van der Waals surface area contributed by atoms with E-state index in [1.54, 1.807) is 18.4 Å². The first-order chi connectivity index (χ1) is 23.1. The third kappa shape index (κ3) is 7.25. The van der Waals surface area contributed by atoms with Crippen LogP contribution in [0.2, 0.25) is 0 Å². The number of anilines is 1. The van der Waals surface area contributed by atoms with E-state index in [4.69, 9.17) is 19.6 Å². The lowest BCUT2D eigenvalue weighted by Crippen LogP contribution is -2.46. The zero-order valence-electron chi connectivity index (χ0n) is 27.5. The average Bonchev–Trinajstić information content (AvgIpc) is 3.73. The Labute approximate surface area is 280 Å². The smallest absolute Gasteiger partial charge is 0.338 e. The van der Waals surface area contributed by atoms with Crippen molar-refractivity contribution in [3.63, 3.8) is 0 Å². The molecule has 0 aliphatic carbocycles. The highest BCUT2D eigenvalue weighted by molar-refractivity contribution is 7.20. The SMILES string of the molecule is CC.COC(=O)c1ccc(-c2ccc(-c3cn4nc(N5CCN(Cc6cccc(OC)c6)CC5)sc4n3)cc2)cc1C1=CCNCC1. The van der Waals surface area contributed by atoms with Crippen LogP contribution in [0, 0.1) is 0 Å². The molecule has 0 atom stereocenters. The fourth-order valence-electron chi connectivity index (χ4n) is 6.06. The Morgan fingerprint density at radius 3 is 2.40 bits per heavy atom. The van der Waals surface area contributed by atoms with E-state index in [1.165, 1.54) is 18.2 Å². The largest absolute Gasteiger partial charge is 0.497 e. The Kier molecular flexibility index (Phi) is 10.3. The Morgan fingerprint density at radius 2 is 1.70 bits per heavy atom. The van der Waals surface area contributed by atoms with Crippen LogP contribution < -0.4 is 15.0 Å². The summed E-state index contributed by atoms with van der Waals surface area (Å²) in [5.41, 5.74) is 8.07. The summed E-state index contributed by atoms with van der Waals surface area (Å²) in [5.74, 6) is 0.591. The maximum Gasteiger partial charge on any atom is 0.338 e. The molecule has 9 nitrogen and oxygen atoms in total. The molecule has 1 N–H and O–H groups in total. The number of hydrogen-bond donors (Lipinski definition) is 1. The van der Waals surface area contributed by atoms with Gasteiger partial charge < -0.3 is 19.7 Å². The van der Waals surface area contributed by atoms with Gasteiger partial charge in [0.1, 0.15) is 5.75 Å². The van der Waals surface area contributed by atoms with Gasteiger partial charge in [-0.25, -0.2) is 14.3 Å². The predicted octanol–water partition coefficient (Wildman–Crippen LogP) is 6.65. The average molecular weight is 651 g/mol. The number of fused-ring (bicyclic) bond motifs is 1. The van der Waals surface area contributed by atoms with E-state index in [0.717, 1.165) is 96.0 Å². The zero-order valence-corrected chi connectivity index (χ0v) is 28.3. The van der Waals surface area contributed by atoms with E-state index < -0.39 is 0 Å². The van der Waals surface area contributed by atoms with Crippen LogP contribution in [0.5, 0.6) is 5.75 Å². The van der Waals surface area contributed by atoms with Crippen LogP contribution in [0.25, 0.3) is 32.9 Å². The summed E-state index contributed by atoms with van der Waals surface area (Å²) in [7, 11) is 3.14. The molecule has 2 aromatic heterocycles.